The summed E-state index contributed by atoms with van der Waals surface area (Å²) in [6.45, 7) is 32.0. The lowest BCUT2D eigenvalue weighted by molar-refractivity contribution is 1.50. The molecule has 0 saturated carbocycles. The summed E-state index contributed by atoms with van der Waals surface area (Å²) in [6, 6.07) is 0. The Balaban J connectivity index is -0.00000000500. The molecule has 0 aromatic rings. The molecule has 0 spiro atoms. The average molecular weight is 351 g/mol. The summed E-state index contributed by atoms with van der Waals surface area (Å²) in [4.78, 5) is 0. The van der Waals surface area contributed by atoms with E-state index in [-0.39, 0.29) is 18.3 Å². The Morgan fingerprint density at radius 2 is 0.300 bits per heavy atom. The molecule has 137 valence electrons. The van der Waals surface area contributed by atoms with E-state index in [4.69, 9.17) is 0 Å². The van der Waals surface area contributed by atoms with Crippen molar-refractivity contribution in [2.24, 2.45) is 0 Å². The summed E-state index contributed by atoms with van der Waals surface area (Å²) in [5.74, 6) is 0. The van der Waals surface area contributed by atoms with Crippen molar-refractivity contribution >= 4 is 36.2 Å². The van der Waals surface area contributed by atoms with Gasteiger partial charge in [0, 0.05) is 8.41 Å². The van der Waals surface area contributed by atoms with Gasteiger partial charge < -0.3 is 0 Å². The summed E-state index contributed by atoms with van der Waals surface area (Å²) < 4.78 is 0. The maximum atomic E-state index is 2.33. The van der Waals surface area contributed by atoms with E-state index in [0.717, 1.165) is 0 Å². The minimum Gasteiger partial charge on any atom is -0.153 e. The van der Waals surface area contributed by atoms with Crippen molar-refractivity contribution < 1.29 is 0 Å². The molecule has 0 aromatic heterocycles. The van der Waals surface area contributed by atoms with Crippen LogP contribution in [0.15, 0.2) is 0 Å². The molecule has 3 atom stereocenters. The maximum Gasteiger partial charge on any atom is 0 e. The highest BCUT2D eigenvalue weighted by Gasteiger charge is 0.946. The fraction of sp³-hybridized carbons (Fsp3) is 1.00. The van der Waals surface area contributed by atoms with E-state index in [1.165, 1.54) is 0 Å². The molecular formula is C16H55BP3. The van der Waals surface area contributed by atoms with E-state index in [0.29, 0.717) is 0 Å². The number of hydrogen-bond donors (Lipinski definition) is 0. The molecule has 0 N–H and O–H groups in total. The Morgan fingerprint density at radius 3 is 0.300 bits per heavy atom. The lowest BCUT2D eigenvalue weighted by Crippen LogP contribution is -0.856. The Morgan fingerprint density at radius 1 is 0.300 bits per heavy atom. The van der Waals surface area contributed by atoms with Gasteiger partial charge in [0.1, 0.15) is 0 Å². The van der Waals surface area contributed by atoms with Crippen molar-refractivity contribution in [1.29, 1.82) is 0 Å². The van der Waals surface area contributed by atoms with Gasteiger partial charge in [-0.2, -0.15) is 9.90 Å². The lowest BCUT2D eigenvalue weighted by atomic mass is 10.8. The molecule has 0 aliphatic rings. The zero-order valence-corrected chi connectivity index (χ0v) is 22.2. The van der Waals surface area contributed by atoms with Crippen LogP contribution in [0.4, 0.5) is 0 Å². The third-order valence-corrected chi connectivity index (χ3v) is 0. The van der Waals surface area contributed by atoms with Crippen LogP contribution in [0.25, 0.3) is 0 Å². The molecule has 0 rings (SSSR count). The third-order valence-electron chi connectivity index (χ3n) is 0. The van der Waals surface area contributed by atoms with Crippen LogP contribution >= 0.6 is 27.8 Å². The van der Waals surface area contributed by atoms with Crippen LogP contribution in [0.1, 0.15) is 111 Å². The summed E-state index contributed by atoms with van der Waals surface area (Å²) in [7, 11) is 4.67. The van der Waals surface area contributed by atoms with Crippen molar-refractivity contribution in [3.05, 3.63) is 0 Å². The van der Waals surface area contributed by atoms with Crippen LogP contribution in [0.2, 0.25) is 0 Å². The molecule has 0 aromatic carbocycles. The molecule has 3 radical (unpaired) electrons. The topological polar surface area (TPSA) is 0 Å². The summed E-state index contributed by atoms with van der Waals surface area (Å²) in [5, 5.41) is 0. The Kier molecular flexibility index (Phi) is 17100. The second-order valence-corrected chi connectivity index (χ2v) is 0. The predicted molar refractivity (Wildman–Crippen MR) is 127 cm³/mol. The smallest absolute Gasteiger partial charge is 0 e. The van der Waals surface area contributed by atoms with Gasteiger partial charge in [-0.1, -0.05) is 111 Å². The molecule has 20 heavy (non-hydrogen) atoms. The van der Waals surface area contributed by atoms with Gasteiger partial charge >= 0.3 is 0 Å². The molecule has 0 aliphatic heterocycles. The van der Waals surface area contributed by atoms with E-state index in [2.05, 4.69) is 17.9 Å². The molecule has 0 saturated heterocycles. The molecular weight excluding hydrogens is 296 g/mol. The van der Waals surface area contributed by atoms with E-state index in [1.807, 2.05) is 111 Å². The highest BCUT2D eigenvalue weighted by molar-refractivity contribution is 7.92. The largest absolute Gasteiger partial charge is 0.153 e. The highest BCUT2D eigenvalue weighted by atomic mass is 32.0. The SMILES string of the molecule is CC.CC.CC.CC.CC.CC.CC.CC.P.PP.[B]. The first-order chi connectivity index (χ1) is 9.00. The highest BCUT2D eigenvalue weighted by Crippen LogP contribution is 1.86. The first kappa shape index (κ1) is 82.5. The number of hydrogen-bond acceptors (Lipinski definition) is 0. The standard InChI is InChI=1S/8C2H6.B.H4P2.H3P/c8*1-2;;1-2;/h8*1-2H3;;1-2H2;1H3. The van der Waals surface area contributed by atoms with Crippen LogP contribution in [0.5, 0.6) is 0 Å². The van der Waals surface area contributed by atoms with E-state index >= 15 is 0 Å². The lowest BCUT2D eigenvalue weighted by Gasteiger charge is -1.12. The van der Waals surface area contributed by atoms with Crippen LogP contribution in [0.3, 0.4) is 0 Å². The van der Waals surface area contributed by atoms with Crippen molar-refractivity contribution in [2.75, 3.05) is 0 Å². The maximum absolute atomic E-state index is 2.33. The fourth-order valence-corrected chi connectivity index (χ4v) is 0. The molecule has 0 heterocycles. The van der Waals surface area contributed by atoms with Gasteiger partial charge in [-0.25, -0.2) is 0 Å². The second kappa shape index (κ2) is 4150. The Labute approximate surface area is 147 Å². The predicted octanol–water partition coefficient (Wildman–Crippen LogP) is 8.54. The van der Waals surface area contributed by atoms with E-state index < -0.39 is 0 Å². The zero-order valence-electron chi connectivity index (χ0n) is 18.4. The van der Waals surface area contributed by atoms with Gasteiger partial charge in [0.15, 0.2) is 0 Å². The molecule has 3 unspecified atom stereocenters. The summed E-state index contributed by atoms with van der Waals surface area (Å²) in [5.41, 5.74) is 0. The molecule has 0 aliphatic carbocycles. The van der Waals surface area contributed by atoms with E-state index in [9.17, 15) is 0 Å². The third kappa shape index (κ3) is 3550. The van der Waals surface area contributed by atoms with Crippen molar-refractivity contribution in [3.63, 3.8) is 0 Å². The Bertz CT molecular complexity index is 17.7. The average Bonchev–Trinajstić information content (AvgIpc) is 2.63. The molecule has 4 heteroatoms. The van der Waals surface area contributed by atoms with Gasteiger partial charge in [-0.15, -0.1) is 17.9 Å². The minimum absolute atomic E-state index is 0. The molecule has 0 fully saturated rings. The molecule has 0 bridgehead atoms. The summed E-state index contributed by atoms with van der Waals surface area (Å²) in [6.07, 6.45) is 0. The van der Waals surface area contributed by atoms with Crippen LogP contribution in [-0.2, 0) is 0 Å². The van der Waals surface area contributed by atoms with Gasteiger partial charge in [-0.3, -0.25) is 0 Å². The van der Waals surface area contributed by atoms with Crippen LogP contribution in [-0.4, -0.2) is 8.41 Å². The molecule has 0 amide bonds. The first-order valence-corrected chi connectivity index (χ1v) is 11.0. The molecule has 0 nitrogen and oxygen atoms in total. The second-order valence-electron chi connectivity index (χ2n) is 0. The number of rotatable bonds is 0. The van der Waals surface area contributed by atoms with E-state index in [1.54, 1.807) is 0 Å². The van der Waals surface area contributed by atoms with Crippen molar-refractivity contribution in [3.8, 4) is 0 Å². The first-order valence-electron chi connectivity index (χ1n) is 8.33. The minimum atomic E-state index is 0. The van der Waals surface area contributed by atoms with Gasteiger partial charge in [0.05, 0.1) is 0 Å². The van der Waals surface area contributed by atoms with Crippen LogP contribution < -0.4 is 0 Å². The van der Waals surface area contributed by atoms with Crippen LogP contribution in [0, 0.1) is 0 Å². The van der Waals surface area contributed by atoms with Crippen molar-refractivity contribution in [2.45, 2.75) is 111 Å². The van der Waals surface area contributed by atoms with Gasteiger partial charge in [0.2, 0.25) is 0 Å². The van der Waals surface area contributed by atoms with Gasteiger partial charge in [-0.05, 0) is 0 Å². The van der Waals surface area contributed by atoms with Gasteiger partial charge in [0.25, 0.3) is 0 Å². The van der Waals surface area contributed by atoms with Crippen molar-refractivity contribution in [1.82, 2.24) is 0 Å². The quantitative estimate of drug-likeness (QED) is 0.303. The normalized spacial score (nSPS) is 2.70. The zero-order chi connectivity index (χ0) is 18.0. The summed E-state index contributed by atoms with van der Waals surface area (Å²) >= 11 is 0. The fourth-order valence-electron chi connectivity index (χ4n) is 0. The Hall–Kier alpha value is 1.35. The monoisotopic (exact) mass is 351 g/mol.